The first kappa shape index (κ1) is 34.0. The van der Waals surface area contributed by atoms with Crippen molar-refractivity contribution >= 4 is 64.6 Å². The maximum absolute atomic E-state index is 2.30. The molecule has 0 fully saturated rings. The van der Waals surface area contributed by atoms with Gasteiger partial charge in [-0.1, -0.05) is 137 Å². The van der Waals surface area contributed by atoms with Gasteiger partial charge in [0.05, 0.1) is 0 Å². The topological polar surface area (TPSA) is 0 Å². The molecule has 0 aliphatic carbocycles. The maximum atomic E-state index is 2.30. The molecule has 0 aliphatic heterocycles. The van der Waals surface area contributed by atoms with Crippen LogP contribution in [0.5, 0.6) is 0 Å². The van der Waals surface area contributed by atoms with Gasteiger partial charge in [0.15, 0.2) is 0 Å². The second kappa shape index (κ2) is 13.7. The van der Waals surface area contributed by atoms with Crippen LogP contribution in [0.2, 0.25) is 0 Å². The summed E-state index contributed by atoms with van der Waals surface area (Å²) in [7, 11) is 0. The van der Waals surface area contributed by atoms with Crippen LogP contribution in [0.1, 0.15) is 50.1 Å². The summed E-state index contributed by atoms with van der Waals surface area (Å²) >= 11 is 0. The van der Waals surface area contributed by atoms with Gasteiger partial charge in [-0.15, -0.1) is 0 Å². The van der Waals surface area contributed by atoms with Crippen molar-refractivity contribution in [3.8, 4) is 0 Å². The van der Waals surface area contributed by atoms with Gasteiger partial charge in [-0.3, -0.25) is 0 Å². The Labute approximate surface area is 303 Å². The first-order chi connectivity index (χ1) is 24.4. The van der Waals surface area contributed by atoms with Crippen LogP contribution in [0, 0.1) is 62.3 Å². The predicted octanol–water partition coefficient (Wildman–Crippen LogP) is 14.8. The van der Waals surface area contributed by atoms with E-state index in [1.807, 2.05) is 0 Å². The molecule has 9 aromatic carbocycles. The molecule has 0 radical (unpaired) electrons. The SMILES string of the molecule is Cc1ccc2c(C)c3cc(C)ccc3cc2c1.Cc1ccc2c(C)c3ccc(C)cc3cc2c1.Cc1ccc2cc3c(C)cc(C)cc3cc2c1. The fraction of sp³-hybridized carbons (Fsp3) is 0.176. The highest BCUT2D eigenvalue weighted by Crippen LogP contribution is 2.31. The first-order valence-corrected chi connectivity index (χ1v) is 18.2. The largest absolute Gasteiger partial charge is 0.0587 e. The lowest BCUT2D eigenvalue weighted by molar-refractivity contribution is 1.43. The Morgan fingerprint density at radius 3 is 1.14 bits per heavy atom. The lowest BCUT2D eigenvalue weighted by Crippen LogP contribution is -1.85. The van der Waals surface area contributed by atoms with Crippen LogP contribution in [-0.4, -0.2) is 0 Å². The first-order valence-electron chi connectivity index (χ1n) is 18.2. The van der Waals surface area contributed by atoms with Gasteiger partial charge in [-0.2, -0.15) is 0 Å². The number of fused-ring (bicyclic) bond motifs is 6. The van der Waals surface area contributed by atoms with Gasteiger partial charge in [0.1, 0.15) is 0 Å². The minimum absolute atomic E-state index is 1.32. The molecule has 0 atom stereocenters. The minimum atomic E-state index is 1.32. The molecule has 0 nitrogen and oxygen atoms in total. The summed E-state index contributed by atoms with van der Waals surface area (Å²) in [5.41, 5.74) is 12.1. The number of rotatable bonds is 0. The average Bonchev–Trinajstić information content (AvgIpc) is 3.08. The number of hydrogen-bond donors (Lipinski definition) is 0. The fourth-order valence-corrected chi connectivity index (χ4v) is 7.78. The van der Waals surface area contributed by atoms with Gasteiger partial charge in [0.2, 0.25) is 0 Å². The van der Waals surface area contributed by atoms with Crippen molar-refractivity contribution in [3.63, 3.8) is 0 Å². The van der Waals surface area contributed by atoms with E-state index in [-0.39, 0.29) is 0 Å². The lowest BCUT2D eigenvalue weighted by atomic mass is 9.96. The molecule has 51 heavy (non-hydrogen) atoms. The molecular weight excluding hydrogens is 613 g/mol. The van der Waals surface area contributed by atoms with E-state index in [0.29, 0.717) is 0 Å². The summed E-state index contributed by atoms with van der Waals surface area (Å²) < 4.78 is 0. The Morgan fingerprint density at radius 1 is 0.216 bits per heavy atom. The molecule has 0 heterocycles. The van der Waals surface area contributed by atoms with E-state index < -0.39 is 0 Å². The van der Waals surface area contributed by atoms with Gasteiger partial charge < -0.3 is 0 Å². The fourth-order valence-electron chi connectivity index (χ4n) is 7.78. The van der Waals surface area contributed by atoms with Crippen molar-refractivity contribution < 1.29 is 0 Å². The third-order valence-electron chi connectivity index (χ3n) is 10.5. The number of hydrogen-bond acceptors (Lipinski definition) is 0. The molecule has 0 aliphatic rings. The summed E-state index contributed by atoms with van der Waals surface area (Å²) in [6.07, 6.45) is 0. The molecule has 0 amide bonds. The van der Waals surface area contributed by atoms with Crippen LogP contribution in [0.25, 0.3) is 64.6 Å². The minimum Gasteiger partial charge on any atom is -0.0587 e. The number of benzene rings is 9. The van der Waals surface area contributed by atoms with Gasteiger partial charge in [-0.25, -0.2) is 0 Å². The van der Waals surface area contributed by atoms with E-state index in [1.54, 1.807) is 0 Å². The molecule has 0 N–H and O–H groups in total. The van der Waals surface area contributed by atoms with E-state index in [0.717, 1.165) is 0 Å². The van der Waals surface area contributed by atoms with E-state index in [2.05, 4.69) is 190 Å². The highest BCUT2D eigenvalue weighted by Gasteiger charge is 2.06. The van der Waals surface area contributed by atoms with Crippen molar-refractivity contribution in [3.05, 3.63) is 177 Å². The van der Waals surface area contributed by atoms with Gasteiger partial charge in [0.25, 0.3) is 0 Å². The third kappa shape index (κ3) is 6.97. The molecule has 9 rings (SSSR count). The molecule has 9 aromatic rings. The van der Waals surface area contributed by atoms with Crippen LogP contribution in [0.4, 0.5) is 0 Å². The zero-order chi connectivity index (χ0) is 36.0. The summed E-state index contributed by atoms with van der Waals surface area (Å²) in [5, 5.41) is 16.2. The van der Waals surface area contributed by atoms with Crippen LogP contribution in [-0.2, 0) is 0 Å². The van der Waals surface area contributed by atoms with Crippen molar-refractivity contribution in [2.75, 3.05) is 0 Å². The quantitative estimate of drug-likeness (QED) is 0.142. The van der Waals surface area contributed by atoms with Crippen molar-refractivity contribution in [1.82, 2.24) is 0 Å². The predicted molar refractivity (Wildman–Crippen MR) is 227 cm³/mol. The normalized spacial score (nSPS) is 11.2. The van der Waals surface area contributed by atoms with Crippen LogP contribution in [0.15, 0.2) is 127 Å². The zero-order valence-electron chi connectivity index (χ0n) is 31.6. The summed E-state index contributed by atoms with van der Waals surface area (Å²) in [6.45, 7) is 19.5. The van der Waals surface area contributed by atoms with Crippen LogP contribution < -0.4 is 0 Å². The van der Waals surface area contributed by atoms with Gasteiger partial charge in [0, 0.05) is 0 Å². The third-order valence-corrected chi connectivity index (χ3v) is 10.5. The molecule has 0 unspecified atom stereocenters. The zero-order valence-corrected chi connectivity index (χ0v) is 31.6. The van der Waals surface area contributed by atoms with Crippen molar-refractivity contribution in [2.24, 2.45) is 0 Å². The van der Waals surface area contributed by atoms with E-state index in [1.165, 1.54) is 115 Å². The molecule has 252 valence electrons. The Hall–Kier alpha value is -5.46. The maximum Gasteiger partial charge on any atom is -0.0146 e. The van der Waals surface area contributed by atoms with Crippen LogP contribution in [0.3, 0.4) is 0 Å². The van der Waals surface area contributed by atoms with Crippen LogP contribution >= 0.6 is 0 Å². The Kier molecular flexibility index (Phi) is 9.13. The van der Waals surface area contributed by atoms with Crippen molar-refractivity contribution in [2.45, 2.75) is 62.3 Å². The highest BCUT2D eigenvalue weighted by atomic mass is 14.1. The second-order valence-electron chi connectivity index (χ2n) is 14.9. The summed E-state index contributed by atoms with van der Waals surface area (Å²) in [5.74, 6) is 0. The molecule has 0 saturated carbocycles. The standard InChI is InChI=1S/3C17H16/c1-11-5-7-16-13(3)17-9-12(2)4-6-14(17)10-15(16)8-11;1-11-4-6-16-13(3)17-7-5-12(2)9-15(17)10-14(16)8-11;1-11-4-5-14-10-17-13(3)6-12(2)8-16(17)9-15(14)7-11/h3*4-10H,1-3H3. The Balaban J connectivity index is 0.000000119. The van der Waals surface area contributed by atoms with Gasteiger partial charge >= 0.3 is 0 Å². The lowest BCUT2D eigenvalue weighted by Gasteiger charge is -2.09. The number of aryl methyl sites for hydroxylation is 9. The highest BCUT2D eigenvalue weighted by molar-refractivity contribution is 6.04. The molecule has 0 spiro atoms. The monoisotopic (exact) mass is 660 g/mol. The smallest absolute Gasteiger partial charge is 0.0146 e. The van der Waals surface area contributed by atoms with E-state index >= 15 is 0 Å². The van der Waals surface area contributed by atoms with E-state index in [4.69, 9.17) is 0 Å². The molecular formula is C51H48. The Morgan fingerprint density at radius 2 is 0.588 bits per heavy atom. The average molecular weight is 661 g/mol. The van der Waals surface area contributed by atoms with Crippen molar-refractivity contribution in [1.29, 1.82) is 0 Å². The summed E-state index contributed by atoms with van der Waals surface area (Å²) in [4.78, 5) is 0. The molecule has 0 aromatic heterocycles. The van der Waals surface area contributed by atoms with Gasteiger partial charge in [-0.05, 0) is 168 Å². The molecule has 0 bridgehead atoms. The van der Waals surface area contributed by atoms with E-state index in [9.17, 15) is 0 Å². The molecule has 0 saturated heterocycles. The summed E-state index contributed by atoms with van der Waals surface area (Å²) in [6, 6.07) is 47.1. The Bertz CT molecular complexity index is 2690. The molecule has 0 heteroatoms. The second-order valence-corrected chi connectivity index (χ2v) is 14.9.